The average molecular weight is 332 g/mol. The van der Waals surface area contributed by atoms with E-state index >= 15 is 0 Å². The first kappa shape index (κ1) is 15.2. The van der Waals surface area contributed by atoms with Crippen molar-refractivity contribution in [1.29, 1.82) is 0 Å². The van der Waals surface area contributed by atoms with Crippen molar-refractivity contribution in [1.82, 2.24) is 10.3 Å². The molecule has 0 aliphatic carbocycles. The average Bonchev–Trinajstić information content (AvgIpc) is 2.95. The van der Waals surface area contributed by atoms with Gasteiger partial charge in [-0.1, -0.05) is 6.07 Å². The summed E-state index contributed by atoms with van der Waals surface area (Å²) in [5.41, 5.74) is 1.27. The van der Waals surface area contributed by atoms with E-state index in [1.807, 2.05) is 0 Å². The van der Waals surface area contributed by atoms with Gasteiger partial charge in [0.1, 0.15) is 5.75 Å². The first-order chi connectivity index (χ1) is 11.1. The minimum Gasteiger partial charge on any atom is -0.508 e. The number of hydrogen-bond donors (Lipinski definition) is 2. The van der Waals surface area contributed by atoms with Crippen LogP contribution in [0.3, 0.4) is 0 Å². The first-order valence-electron chi connectivity index (χ1n) is 6.77. The molecular formula is C16H13FN2O3S. The molecule has 0 fully saturated rings. The fourth-order valence-electron chi connectivity index (χ4n) is 2.09. The van der Waals surface area contributed by atoms with Crippen LogP contribution in [0.5, 0.6) is 11.5 Å². The highest BCUT2D eigenvalue weighted by atomic mass is 32.1. The van der Waals surface area contributed by atoms with Gasteiger partial charge in [0, 0.05) is 6.54 Å². The van der Waals surface area contributed by atoms with Crippen molar-refractivity contribution in [3.05, 3.63) is 52.8 Å². The number of nitrogens with zero attached hydrogens (tertiary/aromatic N) is 1. The summed E-state index contributed by atoms with van der Waals surface area (Å²) in [6, 6.07) is 9.23. The molecule has 0 aliphatic heterocycles. The van der Waals surface area contributed by atoms with E-state index in [2.05, 4.69) is 10.3 Å². The fraction of sp³-hybridized carbons (Fsp3) is 0.125. The Balaban J connectivity index is 1.72. The third-order valence-electron chi connectivity index (χ3n) is 3.24. The van der Waals surface area contributed by atoms with E-state index < -0.39 is 5.82 Å². The molecule has 0 bridgehead atoms. The van der Waals surface area contributed by atoms with Crippen LogP contribution in [0, 0.1) is 5.82 Å². The van der Waals surface area contributed by atoms with E-state index in [1.165, 1.54) is 36.6 Å². The van der Waals surface area contributed by atoms with Crippen LogP contribution in [-0.4, -0.2) is 23.1 Å². The second-order valence-electron chi connectivity index (χ2n) is 4.82. The van der Waals surface area contributed by atoms with Gasteiger partial charge in [0.2, 0.25) is 0 Å². The van der Waals surface area contributed by atoms with Crippen molar-refractivity contribution in [3.8, 4) is 11.5 Å². The minimum absolute atomic E-state index is 0.127. The van der Waals surface area contributed by atoms with Gasteiger partial charge < -0.3 is 15.2 Å². The lowest BCUT2D eigenvalue weighted by molar-refractivity contribution is 0.0950. The molecule has 1 aromatic heterocycles. The number of benzene rings is 2. The number of hydrogen-bond acceptors (Lipinski definition) is 5. The number of amides is 1. The number of carbonyl (C=O) groups excluding carboxylic acids is 1. The molecule has 0 saturated heterocycles. The Hall–Kier alpha value is -2.67. The lowest BCUT2D eigenvalue weighted by atomic mass is 10.2. The van der Waals surface area contributed by atoms with E-state index in [-0.39, 0.29) is 24.0 Å². The maximum Gasteiger partial charge on any atom is 0.280 e. The number of fused-ring (bicyclic) bond motifs is 1. The zero-order valence-corrected chi connectivity index (χ0v) is 13.0. The predicted molar refractivity (Wildman–Crippen MR) is 85.4 cm³/mol. The van der Waals surface area contributed by atoms with Gasteiger partial charge in [-0.25, -0.2) is 9.37 Å². The van der Waals surface area contributed by atoms with Gasteiger partial charge in [0.15, 0.2) is 16.6 Å². The Morgan fingerprint density at radius 1 is 1.35 bits per heavy atom. The molecule has 2 N–H and O–H groups in total. The molecule has 3 rings (SSSR count). The Kier molecular flexibility index (Phi) is 4.12. The summed E-state index contributed by atoms with van der Waals surface area (Å²) >= 11 is 1.19. The first-order valence-corrected chi connectivity index (χ1v) is 7.58. The SMILES string of the molecule is COc1ccc(CNC(=O)c2nc3ccc(O)cc3s2)cc1F. The van der Waals surface area contributed by atoms with Gasteiger partial charge in [-0.3, -0.25) is 4.79 Å². The number of phenolic OH excluding ortho intramolecular Hbond substituents is 1. The van der Waals surface area contributed by atoms with Crippen molar-refractivity contribution in [2.45, 2.75) is 6.54 Å². The van der Waals surface area contributed by atoms with Crippen molar-refractivity contribution in [3.63, 3.8) is 0 Å². The lowest BCUT2D eigenvalue weighted by Crippen LogP contribution is -2.22. The zero-order valence-electron chi connectivity index (χ0n) is 12.2. The number of aromatic nitrogens is 1. The molecule has 5 nitrogen and oxygen atoms in total. The Labute approximate surface area is 135 Å². The highest BCUT2D eigenvalue weighted by Crippen LogP contribution is 2.25. The summed E-state index contributed by atoms with van der Waals surface area (Å²) in [6.07, 6.45) is 0. The number of nitrogens with one attached hydrogen (secondary N) is 1. The summed E-state index contributed by atoms with van der Waals surface area (Å²) in [5.74, 6) is -0.537. The molecule has 3 aromatic rings. The second kappa shape index (κ2) is 6.21. The van der Waals surface area contributed by atoms with Crippen molar-refractivity contribution >= 4 is 27.5 Å². The van der Waals surface area contributed by atoms with E-state index in [4.69, 9.17) is 4.74 Å². The van der Waals surface area contributed by atoms with Crippen LogP contribution in [-0.2, 0) is 6.54 Å². The van der Waals surface area contributed by atoms with E-state index in [0.717, 1.165) is 4.70 Å². The molecule has 118 valence electrons. The Morgan fingerprint density at radius 3 is 2.91 bits per heavy atom. The molecule has 0 radical (unpaired) electrons. The van der Waals surface area contributed by atoms with Crippen molar-refractivity contribution in [2.24, 2.45) is 0 Å². The maximum atomic E-state index is 13.6. The molecule has 2 aromatic carbocycles. The lowest BCUT2D eigenvalue weighted by Gasteiger charge is -2.06. The molecule has 1 amide bonds. The third kappa shape index (κ3) is 3.24. The van der Waals surface area contributed by atoms with E-state index in [1.54, 1.807) is 18.2 Å². The molecule has 0 atom stereocenters. The summed E-state index contributed by atoms with van der Waals surface area (Å²) in [7, 11) is 1.39. The number of carbonyl (C=O) groups is 1. The number of thiazole rings is 1. The Morgan fingerprint density at radius 2 is 2.17 bits per heavy atom. The number of aromatic hydroxyl groups is 1. The maximum absolute atomic E-state index is 13.6. The normalized spacial score (nSPS) is 10.7. The molecule has 7 heteroatoms. The molecule has 23 heavy (non-hydrogen) atoms. The van der Waals surface area contributed by atoms with Gasteiger partial charge in [-0.15, -0.1) is 11.3 Å². The van der Waals surface area contributed by atoms with Crippen LogP contribution >= 0.6 is 11.3 Å². The topological polar surface area (TPSA) is 71.5 Å². The highest BCUT2D eigenvalue weighted by Gasteiger charge is 2.13. The Bertz CT molecular complexity index is 879. The molecule has 0 spiro atoms. The van der Waals surface area contributed by atoms with Gasteiger partial charge in [0.25, 0.3) is 5.91 Å². The molecule has 1 heterocycles. The summed E-state index contributed by atoms with van der Waals surface area (Å²) < 4.78 is 19.2. The number of rotatable bonds is 4. The van der Waals surface area contributed by atoms with E-state index in [0.29, 0.717) is 16.1 Å². The predicted octanol–water partition coefficient (Wildman–Crippen LogP) is 3.08. The van der Waals surface area contributed by atoms with Crippen molar-refractivity contribution < 1.29 is 19.0 Å². The van der Waals surface area contributed by atoms with Gasteiger partial charge in [-0.2, -0.15) is 0 Å². The summed E-state index contributed by atoms with van der Waals surface area (Å²) in [4.78, 5) is 16.3. The van der Waals surface area contributed by atoms with Crippen LogP contribution in [0.2, 0.25) is 0 Å². The van der Waals surface area contributed by atoms with Crippen LogP contribution in [0.15, 0.2) is 36.4 Å². The fourth-order valence-corrected chi connectivity index (χ4v) is 3.00. The minimum atomic E-state index is -0.477. The number of phenols is 1. The summed E-state index contributed by atoms with van der Waals surface area (Å²) in [5, 5.41) is 12.4. The van der Waals surface area contributed by atoms with Gasteiger partial charge >= 0.3 is 0 Å². The molecular weight excluding hydrogens is 319 g/mol. The van der Waals surface area contributed by atoms with Crippen LogP contribution in [0.1, 0.15) is 15.4 Å². The number of ether oxygens (including phenoxy) is 1. The smallest absolute Gasteiger partial charge is 0.280 e. The monoisotopic (exact) mass is 332 g/mol. The van der Waals surface area contributed by atoms with E-state index in [9.17, 15) is 14.3 Å². The zero-order chi connectivity index (χ0) is 16.4. The molecule has 0 unspecified atom stereocenters. The van der Waals surface area contributed by atoms with Crippen LogP contribution in [0.25, 0.3) is 10.2 Å². The molecule has 0 saturated carbocycles. The van der Waals surface area contributed by atoms with Gasteiger partial charge in [-0.05, 0) is 35.9 Å². The largest absolute Gasteiger partial charge is 0.508 e. The van der Waals surface area contributed by atoms with Crippen LogP contribution in [0.4, 0.5) is 4.39 Å². The van der Waals surface area contributed by atoms with Crippen LogP contribution < -0.4 is 10.1 Å². The highest BCUT2D eigenvalue weighted by molar-refractivity contribution is 7.20. The number of methoxy groups -OCH3 is 1. The second-order valence-corrected chi connectivity index (χ2v) is 5.85. The number of halogens is 1. The summed E-state index contributed by atoms with van der Waals surface area (Å²) in [6.45, 7) is 0.181. The van der Waals surface area contributed by atoms with Gasteiger partial charge in [0.05, 0.1) is 17.3 Å². The third-order valence-corrected chi connectivity index (χ3v) is 4.25. The molecule has 0 aliphatic rings. The van der Waals surface area contributed by atoms with Crippen molar-refractivity contribution in [2.75, 3.05) is 7.11 Å². The quantitative estimate of drug-likeness (QED) is 0.770. The standard InChI is InChI=1S/C16H13FN2O3S/c1-22-13-5-2-9(6-11(13)17)8-18-15(21)16-19-12-4-3-10(20)7-14(12)23-16/h2-7,20H,8H2,1H3,(H,18,21).